The normalized spacial score (nSPS) is 17.6. The highest BCUT2D eigenvalue weighted by Gasteiger charge is 2.22. The number of halogens is 1. The average molecular weight is 463 g/mol. The summed E-state index contributed by atoms with van der Waals surface area (Å²) in [5.41, 5.74) is 5.93. The molecule has 5 heteroatoms. The van der Waals surface area contributed by atoms with Crippen LogP contribution in [0, 0.1) is 0 Å². The van der Waals surface area contributed by atoms with Gasteiger partial charge in [0.15, 0.2) is 0 Å². The second-order valence-electron chi connectivity index (χ2n) is 8.53. The molecule has 1 fully saturated rings. The fourth-order valence-corrected chi connectivity index (χ4v) is 5.17. The van der Waals surface area contributed by atoms with Gasteiger partial charge in [0.25, 0.3) is 0 Å². The Hall–Kier alpha value is -2.11. The van der Waals surface area contributed by atoms with Crippen LogP contribution in [-0.2, 0) is 19.5 Å². The van der Waals surface area contributed by atoms with E-state index in [9.17, 15) is 0 Å². The largest absolute Gasteiger partial charge is 0.294 e. The van der Waals surface area contributed by atoms with Crippen molar-refractivity contribution in [3.63, 3.8) is 0 Å². The van der Waals surface area contributed by atoms with E-state index in [0.29, 0.717) is 5.92 Å². The van der Waals surface area contributed by atoms with E-state index in [2.05, 4.69) is 51.3 Å². The van der Waals surface area contributed by atoms with E-state index in [1.807, 2.05) is 18.3 Å². The summed E-state index contributed by atoms with van der Waals surface area (Å²) < 4.78 is 1.07. The van der Waals surface area contributed by atoms with Gasteiger partial charge in [0.05, 0.1) is 5.69 Å². The summed E-state index contributed by atoms with van der Waals surface area (Å²) in [6.07, 6.45) is 11.6. The lowest BCUT2D eigenvalue weighted by Crippen LogP contribution is -2.31. The molecule has 3 aromatic rings. The lowest BCUT2D eigenvalue weighted by Gasteiger charge is -2.29. The summed E-state index contributed by atoms with van der Waals surface area (Å²) in [5, 5.41) is 0. The minimum Gasteiger partial charge on any atom is -0.294 e. The monoisotopic (exact) mass is 462 g/mol. The first kappa shape index (κ1) is 19.8. The molecule has 30 heavy (non-hydrogen) atoms. The van der Waals surface area contributed by atoms with Crippen LogP contribution in [0.4, 0.5) is 0 Å². The van der Waals surface area contributed by atoms with Crippen molar-refractivity contribution in [3.05, 3.63) is 75.9 Å². The van der Waals surface area contributed by atoms with Crippen molar-refractivity contribution in [1.82, 2.24) is 19.9 Å². The topological polar surface area (TPSA) is 41.9 Å². The zero-order valence-corrected chi connectivity index (χ0v) is 18.8. The third-order valence-electron chi connectivity index (χ3n) is 6.38. The van der Waals surface area contributed by atoms with Crippen molar-refractivity contribution < 1.29 is 0 Å². The molecule has 1 saturated carbocycles. The van der Waals surface area contributed by atoms with Gasteiger partial charge in [-0.1, -0.05) is 59.5 Å². The van der Waals surface area contributed by atoms with Gasteiger partial charge in [-0.05, 0) is 30.5 Å². The van der Waals surface area contributed by atoms with Crippen LogP contribution in [0.25, 0.3) is 11.3 Å². The minimum absolute atomic E-state index is 0.580. The van der Waals surface area contributed by atoms with Crippen molar-refractivity contribution in [1.29, 1.82) is 0 Å². The van der Waals surface area contributed by atoms with Crippen LogP contribution in [0.15, 0.2) is 53.3 Å². The van der Waals surface area contributed by atoms with Crippen molar-refractivity contribution >= 4 is 15.9 Å². The second-order valence-corrected chi connectivity index (χ2v) is 9.38. The van der Waals surface area contributed by atoms with E-state index >= 15 is 0 Å². The lowest BCUT2D eigenvalue weighted by molar-refractivity contribution is 0.242. The molecule has 0 unspecified atom stereocenters. The Morgan fingerprint density at radius 3 is 2.63 bits per heavy atom. The van der Waals surface area contributed by atoms with Crippen LogP contribution < -0.4 is 0 Å². The lowest BCUT2D eigenvalue weighted by atomic mass is 9.88. The fraction of sp³-hybridized carbons (Fsp3) is 0.400. The minimum atomic E-state index is 0.580. The first-order chi connectivity index (χ1) is 14.8. The molecule has 0 spiro atoms. The zero-order valence-electron chi connectivity index (χ0n) is 17.2. The van der Waals surface area contributed by atoms with Crippen LogP contribution in [0.2, 0.25) is 0 Å². The summed E-state index contributed by atoms with van der Waals surface area (Å²) in [5.74, 6) is 1.67. The highest BCUT2D eigenvalue weighted by Crippen LogP contribution is 2.31. The molecule has 3 heterocycles. The Morgan fingerprint density at radius 2 is 1.83 bits per heavy atom. The van der Waals surface area contributed by atoms with Gasteiger partial charge < -0.3 is 0 Å². The van der Waals surface area contributed by atoms with Crippen molar-refractivity contribution in [2.45, 2.75) is 57.5 Å². The van der Waals surface area contributed by atoms with Crippen molar-refractivity contribution in [2.24, 2.45) is 0 Å². The summed E-state index contributed by atoms with van der Waals surface area (Å²) in [6.45, 7) is 2.87. The van der Waals surface area contributed by atoms with Gasteiger partial charge in [-0.15, -0.1) is 0 Å². The van der Waals surface area contributed by atoms with Gasteiger partial charge in [0.2, 0.25) is 0 Å². The average Bonchev–Trinajstić information content (AvgIpc) is 2.80. The molecule has 2 aliphatic rings. The summed E-state index contributed by atoms with van der Waals surface area (Å²) in [6, 6.07) is 12.5. The maximum Gasteiger partial charge on any atom is 0.131 e. The van der Waals surface area contributed by atoms with Gasteiger partial charge in [0.1, 0.15) is 5.82 Å². The molecule has 1 aliphatic carbocycles. The summed E-state index contributed by atoms with van der Waals surface area (Å²) >= 11 is 3.62. The van der Waals surface area contributed by atoms with Crippen LogP contribution >= 0.6 is 15.9 Å². The van der Waals surface area contributed by atoms with Crippen molar-refractivity contribution in [3.8, 4) is 11.3 Å². The molecule has 154 valence electrons. The van der Waals surface area contributed by atoms with E-state index < -0.39 is 0 Å². The molecule has 0 saturated heterocycles. The zero-order chi connectivity index (χ0) is 20.3. The van der Waals surface area contributed by atoms with Crippen molar-refractivity contribution in [2.75, 3.05) is 6.54 Å². The molecular weight excluding hydrogens is 436 g/mol. The molecule has 4 nitrogen and oxygen atoms in total. The number of nitrogens with zero attached hydrogens (tertiary/aromatic N) is 4. The highest BCUT2D eigenvalue weighted by atomic mass is 79.9. The third kappa shape index (κ3) is 4.33. The molecule has 1 aromatic carbocycles. The van der Waals surface area contributed by atoms with E-state index in [0.717, 1.165) is 47.6 Å². The summed E-state index contributed by atoms with van der Waals surface area (Å²) in [4.78, 5) is 16.9. The Kier molecular flexibility index (Phi) is 5.91. The Balaban J connectivity index is 1.25. The molecule has 0 radical (unpaired) electrons. The van der Waals surface area contributed by atoms with Gasteiger partial charge in [-0.3, -0.25) is 9.88 Å². The van der Waals surface area contributed by atoms with E-state index in [1.54, 1.807) is 0 Å². The van der Waals surface area contributed by atoms with Crippen LogP contribution in [0.3, 0.4) is 0 Å². The maximum atomic E-state index is 4.98. The number of pyridine rings is 1. The number of fused-ring (bicyclic) bond motifs is 1. The first-order valence-electron chi connectivity index (χ1n) is 11.0. The second kappa shape index (κ2) is 8.94. The predicted molar refractivity (Wildman–Crippen MR) is 123 cm³/mol. The molecule has 0 atom stereocenters. The molecule has 1 aliphatic heterocycles. The molecule has 2 aromatic heterocycles. The van der Waals surface area contributed by atoms with Gasteiger partial charge >= 0.3 is 0 Å². The van der Waals surface area contributed by atoms with Gasteiger partial charge in [-0.25, -0.2) is 9.97 Å². The Bertz CT molecular complexity index is 1010. The standard InChI is InChI=1S/C25H27BrN4/c26-22-9-5-4-8-21(22)24-11-10-18(14-27-24)16-30-13-12-23-20(17-30)15-28-25(29-23)19-6-2-1-3-7-19/h4-5,8-11,14-15,19H,1-3,6-7,12-13,16-17H2. The third-order valence-corrected chi connectivity index (χ3v) is 7.07. The number of rotatable bonds is 4. The Labute approximate surface area is 186 Å². The molecule has 0 N–H and O–H groups in total. The molecule has 5 rings (SSSR count). The SMILES string of the molecule is Brc1ccccc1-c1ccc(CN2CCc3nc(C4CCCCC4)ncc3C2)cn1. The number of benzene rings is 1. The van der Waals surface area contributed by atoms with E-state index in [1.165, 1.54) is 48.9 Å². The number of hydrogen-bond acceptors (Lipinski definition) is 4. The van der Waals surface area contributed by atoms with Crippen LogP contribution in [0.5, 0.6) is 0 Å². The molecule has 0 bridgehead atoms. The van der Waals surface area contributed by atoms with E-state index in [4.69, 9.17) is 15.0 Å². The quantitative estimate of drug-likeness (QED) is 0.483. The van der Waals surface area contributed by atoms with Crippen LogP contribution in [-0.4, -0.2) is 26.4 Å². The fourth-order valence-electron chi connectivity index (χ4n) is 4.69. The summed E-state index contributed by atoms with van der Waals surface area (Å²) in [7, 11) is 0. The van der Waals surface area contributed by atoms with Gasteiger partial charge in [-0.2, -0.15) is 0 Å². The maximum absolute atomic E-state index is 4.98. The van der Waals surface area contributed by atoms with E-state index in [-0.39, 0.29) is 0 Å². The molecular formula is C25H27BrN4. The van der Waals surface area contributed by atoms with Crippen LogP contribution in [0.1, 0.15) is 60.7 Å². The number of hydrogen-bond donors (Lipinski definition) is 0. The number of aromatic nitrogens is 3. The highest BCUT2D eigenvalue weighted by molar-refractivity contribution is 9.10. The van der Waals surface area contributed by atoms with Gasteiger partial charge in [0, 0.05) is 65.7 Å². The first-order valence-corrected chi connectivity index (χ1v) is 11.8. The smallest absolute Gasteiger partial charge is 0.131 e. The Morgan fingerprint density at radius 1 is 0.967 bits per heavy atom. The predicted octanol–water partition coefficient (Wildman–Crippen LogP) is 5.91. The molecule has 0 amide bonds.